The van der Waals surface area contributed by atoms with Gasteiger partial charge in [0, 0.05) is 13.2 Å². The standard InChI is InChI=1S/C11H22N4O3S/c1-9(2)19(16,17)14-11-12-7-15(8-13-11)6-10-4-3-5-18-10/h9-10H,3-8H2,1-2H3,(H2,12,13,14)/t10-/m0/s1. The summed E-state index contributed by atoms with van der Waals surface area (Å²) in [5.41, 5.74) is 0. The van der Waals surface area contributed by atoms with E-state index in [1.807, 2.05) is 0 Å². The van der Waals surface area contributed by atoms with Crippen LogP contribution in [0.25, 0.3) is 0 Å². The Kier molecular flexibility index (Phi) is 4.64. The molecule has 0 unspecified atom stereocenters. The van der Waals surface area contributed by atoms with Crippen molar-refractivity contribution in [2.75, 3.05) is 26.5 Å². The van der Waals surface area contributed by atoms with Gasteiger partial charge in [0.15, 0.2) is 0 Å². The number of nitrogens with zero attached hydrogens (tertiary/aromatic N) is 2. The summed E-state index contributed by atoms with van der Waals surface area (Å²) in [6, 6.07) is 0. The summed E-state index contributed by atoms with van der Waals surface area (Å²) in [6.07, 6.45) is 2.49. The van der Waals surface area contributed by atoms with Crippen LogP contribution < -0.4 is 10.0 Å². The third-order valence-electron chi connectivity index (χ3n) is 3.24. The monoisotopic (exact) mass is 290 g/mol. The Labute approximate surface area is 114 Å². The van der Waals surface area contributed by atoms with E-state index in [0.29, 0.717) is 19.3 Å². The highest BCUT2D eigenvalue weighted by Crippen LogP contribution is 2.13. The van der Waals surface area contributed by atoms with Gasteiger partial charge >= 0.3 is 0 Å². The van der Waals surface area contributed by atoms with Gasteiger partial charge in [-0.25, -0.2) is 13.4 Å². The summed E-state index contributed by atoms with van der Waals surface area (Å²) in [6.45, 7) is 6.02. The lowest BCUT2D eigenvalue weighted by Crippen LogP contribution is -2.52. The van der Waals surface area contributed by atoms with Crippen LogP contribution in [0, 0.1) is 0 Å². The number of nitrogens with one attached hydrogen (secondary N) is 2. The number of hydrogen-bond donors (Lipinski definition) is 2. The molecule has 19 heavy (non-hydrogen) atoms. The molecule has 0 aromatic rings. The normalized spacial score (nSPS) is 25.2. The molecule has 1 fully saturated rings. The van der Waals surface area contributed by atoms with E-state index in [-0.39, 0.29) is 6.10 Å². The van der Waals surface area contributed by atoms with Crippen molar-refractivity contribution in [2.24, 2.45) is 4.99 Å². The van der Waals surface area contributed by atoms with Crippen molar-refractivity contribution in [3.8, 4) is 0 Å². The van der Waals surface area contributed by atoms with Gasteiger partial charge in [-0.15, -0.1) is 0 Å². The van der Waals surface area contributed by atoms with Gasteiger partial charge in [0.05, 0.1) is 24.7 Å². The van der Waals surface area contributed by atoms with Gasteiger partial charge in [0.25, 0.3) is 0 Å². The Morgan fingerprint density at radius 1 is 1.58 bits per heavy atom. The van der Waals surface area contributed by atoms with Crippen molar-refractivity contribution in [3.63, 3.8) is 0 Å². The number of rotatable bonds is 4. The summed E-state index contributed by atoms with van der Waals surface area (Å²) < 4.78 is 31.4. The second-order valence-corrected chi connectivity index (χ2v) is 7.40. The van der Waals surface area contributed by atoms with E-state index in [1.165, 1.54) is 0 Å². The molecule has 0 aromatic carbocycles. The summed E-state index contributed by atoms with van der Waals surface area (Å²) in [4.78, 5) is 6.31. The SMILES string of the molecule is CC(C)S(=O)(=O)NC1=NCN(C[C@@H]2CCCO2)CN1. The summed E-state index contributed by atoms with van der Waals surface area (Å²) in [5.74, 6) is 0.331. The van der Waals surface area contributed by atoms with Crippen LogP contribution in [0.15, 0.2) is 4.99 Å². The number of sulfonamides is 1. The fourth-order valence-corrected chi connectivity index (χ4v) is 2.62. The first-order valence-electron chi connectivity index (χ1n) is 6.61. The van der Waals surface area contributed by atoms with E-state index >= 15 is 0 Å². The summed E-state index contributed by atoms with van der Waals surface area (Å²) >= 11 is 0. The van der Waals surface area contributed by atoms with Crippen molar-refractivity contribution in [1.82, 2.24) is 14.9 Å². The zero-order chi connectivity index (χ0) is 13.9. The van der Waals surface area contributed by atoms with Crippen LogP contribution >= 0.6 is 0 Å². The molecule has 0 amide bonds. The fraction of sp³-hybridized carbons (Fsp3) is 0.909. The molecule has 0 bridgehead atoms. The molecule has 7 nitrogen and oxygen atoms in total. The number of aliphatic imine (C=N–C) groups is 1. The quantitative estimate of drug-likeness (QED) is 0.741. The molecule has 2 N–H and O–H groups in total. The Morgan fingerprint density at radius 2 is 2.37 bits per heavy atom. The molecule has 8 heteroatoms. The maximum absolute atomic E-state index is 11.7. The average Bonchev–Trinajstić information content (AvgIpc) is 2.84. The third-order valence-corrected chi connectivity index (χ3v) is 4.96. The largest absolute Gasteiger partial charge is 0.377 e. The van der Waals surface area contributed by atoms with Crippen molar-refractivity contribution in [3.05, 3.63) is 0 Å². The highest BCUT2D eigenvalue weighted by Gasteiger charge is 2.23. The van der Waals surface area contributed by atoms with Crippen LogP contribution in [0.1, 0.15) is 26.7 Å². The first-order valence-corrected chi connectivity index (χ1v) is 8.16. The number of guanidine groups is 1. The second-order valence-electron chi connectivity index (χ2n) is 5.17. The van der Waals surface area contributed by atoms with Gasteiger partial charge in [-0.1, -0.05) is 0 Å². The van der Waals surface area contributed by atoms with E-state index in [2.05, 4.69) is 19.9 Å². The molecular weight excluding hydrogens is 268 g/mol. The molecule has 110 valence electrons. The predicted octanol–water partition coefficient (Wildman–Crippen LogP) is -0.331. The molecule has 2 aliphatic rings. The van der Waals surface area contributed by atoms with E-state index in [0.717, 1.165) is 26.0 Å². The predicted molar refractivity (Wildman–Crippen MR) is 73.2 cm³/mol. The lowest BCUT2D eigenvalue weighted by atomic mass is 10.2. The fourth-order valence-electron chi connectivity index (χ4n) is 1.98. The van der Waals surface area contributed by atoms with E-state index in [9.17, 15) is 8.42 Å². The third kappa shape index (κ3) is 4.05. The molecule has 1 saturated heterocycles. The van der Waals surface area contributed by atoms with Crippen molar-refractivity contribution in [1.29, 1.82) is 0 Å². The second kappa shape index (κ2) is 6.06. The average molecular weight is 290 g/mol. The molecular formula is C11H22N4O3S. The Balaban J connectivity index is 1.82. The Hall–Kier alpha value is -0.860. The van der Waals surface area contributed by atoms with Crippen LogP contribution in [0.4, 0.5) is 0 Å². The number of ether oxygens (including phenoxy) is 1. The zero-order valence-corrected chi connectivity index (χ0v) is 12.2. The minimum absolute atomic E-state index is 0.283. The summed E-state index contributed by atoms with van der Waals surface area (Å²) in [7, 11) is -3.32. The topological polar surface area (TPSA) is 83.0 Å². The highest BCUT2D eigenvalue weighted by atomic mass is 32.2. The molecule has 0 radical (unpaired) electrons. The van der Waals surface area contributed by atoms with Crippen LogP contribution in [-0.4, -0.2) is 57.1 Å². The van der Waals surface area contributed by atoms with Gasteiger partial charge < -0.3 is 10.1 Å². The molecule has 2 heterocycles. The molecule has 0 aromatic heterocycles. The molecule has 1 atom stereocenters. The van der Waals surface area contributed by atoms with Crippen LogP contribution in [0.2, 0.25) is 0 Å². The molecule has 2 aliphatic heterocycles. The molecule has 0 aliphatic carbocycles. The van der Waals surface area contributed by atoms with Gasteiger partial charge in [-0.2, -0.15) is 0 Å². The van der Waals surface area contributed by atoms with Gasteiger partial charge in [0.1, 0.15) is 0 Å². The smallest absolute Gasteiger partial charge is 0.237 e. The summed E-state index contributed by atoms with van der Waals surface area (Å²) in [5, 5.41) is 2.51. The highest BCUT2D eigenvalue weighted by molar-refractivity contribution is 7.90. The van der Waals surface area contributed by atoms with Gasteiger partial charge in [-0.3, -0.25) is 9.62 Å². The Bertz CT molecular complexity index is 429. The lowest BCUT2D eigenvalue weighted by Gasteiger charge is -2.28. The van der Waals surface area contributed by atoms with Crippen molar-refractivity contribution >= 4 is 16.0 Å². The minimum atomic E-state index is -3.32. The minimum Gasteiger partial charge on any atom is -0.377 e. The maximum atomic E-state index is 11.7. The molecule has 0 saturated carbocycles. The molecule has 2 rings (SSSR count). The van der Waals surface area contributed by atoms with Crippen LogP contribution in [0.5, 0.6) is 0 Å². The van der Waals surface area contributed by atoms with Crippen LogP contribution in [0.3, 0.4) is 0 Å². The van der Waals surface area contributed by atoms with Crippen LogP contribution in [-0.2, 0) is 14.8 Å². The van der Waals surface area contributed by atoms with Gasteiger partial charge in [-0.05, 0) is 26.7 Å². The zero-order valence-electron chi connectivity index (χ0n) is 11.4. The van der Waals surface area contributed by atoms with E-state index in [1.54, 1.807) is 13.8 Å². The first kappa shape index (κ1) is 14.5. The van der Waals surface area contributed by atoms with E-state index < -0.39 is 15.3 Å². The molecule has 0 spiro atoms. The van der Waals surface area contributed by atoms with Crippen molar-refractivity contribution in [2.45, 2.75) is 38.0 Å². The van der Waals surface area contributed by atoms with E-state index in [4.69, 9.17) is 4.74 Å². The number of hydrogen-bond acceptors (Lipinski definition) is 6. The first-order chi connectivity index (χ1) is 8.97. The maximum Gasteiger partial charge on any atom is 0.237 e. The van der Waals surface area contributed by atoms with Crippen molar-refractivity contribution < 1.29 is 13.2 Å². The Morgan fingerprint density at radius 3 is 2.89 bits per heavy atom. The van der Waals surface area contributed by atoms with Gasteiger partial charge in [0.2, 0.25) is 16.0 Å². The lowest BCUT2D eigenvalue weighted by molar-refractivity contribution is 0.0714.